The van der Waals surface area contributed by atoms with Gasteiger partial charge < -0.3 is 4.74 Å². The Hall–Kier alpha value is -1.58. The number of hydrogen-bond donors (Lipinski definition) is 0. The third-order valence-electron chi connectivity index (χ3n) is 2.95. The minimum atomic E-state index is -0.304. The summed E-state index contributed by atoms with van der Waals surface area (Å²) in [5.74, 6) is 0.660. The van der Waals surface area contributed by atoms with Crippen molar-refractivity contribution in [1.29, 1.82) is 0 Å². The van der Waals surface area contributed by atoms with Gasteiger partial charge in [0.1, 0.15) is 11.9 Å². The van der Waals surface area contributed by atoms with Gasteiger partial charge in [0, 0.05) is 11.6 Å². The molecule has 1 amide bonds. The zero-order valence-electron chi connectivity index (χ0n) is 10.7. The lowest BCUT2D eigenvalue weighted by molar-refractivity contribution is 0.0728. The number of rotatable bonds is 1. The Morgan fingerprint density at radius 3 is 2.59 bits per heavy atom. The minimum Gasteiger partial charge on any atom is -0.443 e. The molecule has 1 atom stereocenters. The van der Waals surface area contributed by atoms with E-state index in [9.17, 15) is 4.79 Å². The molecule has 0 aromatic carbocycles. The standard InChI is InChI=1S/C13H18N2O2/c1-9-5-6-11(14-7-9)15-8-10(13(2,3)4)17-12(15)16/h5-7,10H,8H2,1-4H3. The molecule has 1 aromatic rings. The molecule has 1 aliphatic rings. The van der Waals surface area contributed by atoms with Crippen molar-refractivity contribution >= 4 is 11.9 Å². The second-order valence-corrected chi connectivity index (χ2v) is 5.54. The van der Waals surface area contributed by atoms with Crippen LogP contribution in [0, 0.1) is 12.3 Å². The molecule has 4 nitrogen and oxygen atoms in total. The highest BCUT2D eigenvalue weighted by molar-refractivity contribution is 5.88. The number of ether oxygens (including phenoxy) is 1. The zero-order chi connectivity index (χ0) is 12.6. The monoisotopic (exact) mass is 234 g/mol. The van der Waals surface area contributed by atoms with Gasteiger partial charge in [-0.15, -0.1) is 0 Å². The SMILES string of the molecule is Cc1ccc(N2CC(C(C)(C)C)OC2=O)nc1. The number of cyclic esters (lactones) is 1. The Labute approximate surface area is 102 Å². The van der Waals surface area contributed by atoms with Gasteiger partial charge in [-0.2, -0.15) is 0 Å². The van der Waals surface area contributed by atoms with Crippen molar-refractivity contribution < 1.29 is 9.53 Å². The first-order valence-corrected chi connectivity index (χ1v) is 5.79. The number of pyridine rings is 1. The molecule has 1 unspecified atom stereocenters. The highest BCUT2D eigenvalue weighted by Gasteiger charge is 2.39. The van der Waals surface area contributed by atoms with Crippen LogP contribution in [-0.2, 0) is 4.74 Å². The average Bonchev–Trinajstić information content (AvgIpc) is 2.61. The number of carbonyl (C=O) groups is 1. The maximum Gasteiger partial charge on any atom is 0.415 e. The van der Waals surface area contributed by atoms with E-state index in [1.807, 2.05) is 19.1 Å². The molecule has 0 radical (unpaired) electrons. The molecule has 92 valence electrons. The summed E-state index contributed by atoms with van der Waals surface area (Å²) < 4.78 is 5.37. The van der Waals surface area contributed by atoms with E-state index in [2.05, 4.69) is 25.8 Å². The molecule has 0 saturated carbocycles. The van der Waals surface area contributed by atoms with E-state index in [-0.39, 0.29) is 17.6 Å². The molecule has 1 saturated heterocycles. The largest absolute Gasteiger partial charge is 0.443 e. The molecular formula is C13H18N2O2. The van der Waals surface area contributed by atoms with E-state index in [4.69, 9.17) is 4.74 Å². The molecule has 0 aliphatic carbocycles. The lowest BCUT2D eigenvalue weighted by Gasteiger charge is -2.24. The quantitative estimate of drug-likeness (QED) is 0.750. The van der Waals surface area contributed by atoms with Crippen LogP contribution >= 0.6 is 0 Å². The highest BCUT2D eigenvalue weighted by atomic mass is 16.6. The Balaban J connectivity index is 2.19. The van der Waals surface area contributed by atoms with Gasteiger partial charge in [-0.25, -0.2) is 9.78 Å². The number of aryl methyl sites for hydroxylation is 1. The second kappa shape index (κ2) is 4.02. The van der Waals surface area contributed by atoms with Crippen LogP contribution in [0.4, 0.5) is 10.6 Å². The topological polar surface area (TPSA) is 42.4 Å². The number of carbonyl (C=O) groups excluding carboxylic acids is 1. The summed E-state index contributed by atoms with van der Waals surface area (Å²) in [4.78, 5) is 17.6. The maximum atomic E-state index is 11.8. The van der Waals surface area contributed by atoms with E-state index in [1.165, 1.54) is 0 Å². The van der Waals surface area contributed by atoms with Crippen molar-refractivity contribution in [2.24, 2.45) is 5.41 Å². The lowest BCUT2D eigenvalue weighted by atomic mass is 9.89. The van der Waals surface area contributed by atoms with E-state index in [1.54, 1.807) is 11.1 Å². The minimum absolute atomic E-state index is 0.0465. The maximum absolute atomic E-state index is 11.8. The average molecular weight is 234 g/mol. The first kappa shape index (κ1) is 11.9. The predicted molar refractivity (Wildman–Crippen MR) is 66.0 cm³/mol. The van der Waals surface area contributed by atoms with E-state index in [0.717, 1.165) is 5.56 Å². The van der Waals surface area contributed by atoms with Crippen molar-refractivity contribution in [1.82, 2.24) is 4.98 Å². The van der Waals surface area contributed by atoms with E-state index < -0.39 is 0 Å². The van der Waals surface area contributed by atoms with Gasteiger partial charge in [0.15, 0.2) is 0 Å². The zero-order valence-corrected chi connectivity index (χ0v) is 10.7. The van der Waals surface area contributed by atoms with Gasteiger partial charge in [-0.1, -0.05) is 26.8 Å². The van der Waals surface area contributed by atoms with Crippen LogP contribution in [0.2, 0.25) is 0 Å². The highest BCUT2D eigenvalue weighted by Crippen LogP contribution is 2.30. The number of anilines is 1. The smallest absolute Gasteiger partial charge is 0.415 e. The Morgan fingerprint density at radius 2 is 2.12 bits per heavy atom. The van der Waals surface area contributed by atoms with Gasteiger partial charge in [-0.3, -0.25) is 4.90 Å². The first-order valence-electron chi connectivity index (χ1n) is 5.79. The van der Waals surface area contributed by atoms with Gasteiger partial charge in [0.2, 0.25) is 0 Å². The lowest BCUT2D eigenvalue weighted by Crippen LogP contribution is -2.31. The second-order valence-electron chi connectivity index (χ2n) is 5.54. The fourth-order valence-electron chi connectivity index (χ4n) is 1.72. The molecule has 2 rings (SSSR count). The molecule has 1 fully saturated rings. The fourth-order valence-corrected chi connectivity index (χ4v) is 1.72. The van der Waals surface area contributed by atoms with Crippen LogP contribution in [0.15, 0.2) is 18.3 Å². The van der Waals surface area contributed by atoms with Crippen molar-refractivity contribution in [3.63, 3.8) is 0 Å². The van der Waals surface area contributed by atoms with Crippen LogP contribution in [0.5, 0.6) is 0 Å². The normalized spacial score (nSPS) is 20.6. The molecule has 2 heterocycles. The van der Waals surface area contributed by atoms with Crippen molar-refractivity contribution in [2.45, 2.75) is 33.8 Å². The summed E-state index contributed by atoms with van der Waals surface area (Å²) in [6.45, 7) is 8.74. The fraction of sp³-hybridized carbons (Fsp3) is 0.538. The first-order chi connectivity index (χ1) is 7.88. The summed E-state index contributed by atoms with van der Waals surface area (Å²) in [6, 6.07) is 3.79. The van der Waals surface area contributed by atoms with Gasteiger partial charge in [-0.05, 0) is 18.6 Å². The summed E-state index contributed by atoms with van der Waals surface area (Å²) >= 11 is 0. The molecule has 0 spiro atoms. The van der Waals surface area contributed by atoms with Gasteiger partial charge >= 0.3 is 6.09 Å². The number of aromatic nitrogens is 1. The van der Waals surface area contributed by atoms with Crippen LogP contribution in [0.1, 0.15) is 26.3 Å². The summed E-state index contributed by atoms with van der Waals surface area (Å²) in [5.41, 5.74) is 1.03. The third kappa shape index (κ3) is 2.40. The van der Waals surface area contributed by atoms with Crippen LogP contribution < -0.4 is 4.90 Å². The van der Waals surface area contributed by atoms with Crippen LogP contribution in [-0.4, -0.2) is 23.7 Å². The number of hydrogen-bond acceptors (Lipinski definition) is 3. The molecule has 4 heteroatoms. The Kier molecular flexibility index (Phi) is 2.81. The van der Waals surface area contributed by atoms with Crippen LogP contribution in [0.3, 0.4) is 0 Å². The molecule has 17 heavy (non-hydrogen) atoms. The third-order valence-corrected chi connectivity index (χ3v) is 2.95. The summed E-state index contributed by atoms with van der Waals surface area (Å²) in [7, 11) is 0. The Bertz CT molecular complexity index is 420. The Morgan fingerprint density at radius 1 is 1.41 bits per heavy atom. The molecular weight excluding hydrogens is 216 g/mol. The number of nitrogens with zero attached hydrogens (tertiary/aromatic N) is 2. The van der Waals surface area contributed by atoms with E-state index >= 15 is 0 Å². The van der Waals surface area contributed by atoms with E-state index in [0.29, 0.717) is 12.4 Å². The van der Waals surface area contributed by atoms with Crippen molar-refractivity contribution in [3.05, 3.63) is 23.9 Å². The van der Waals surface area contributed by atoms with Crippen molar-refractivity contribution in [3.8, 4) is 0 Å². The van der Waals surface area contributed by atoms with Gasteiger partial charge in [0.25, 0.3) is 0 Å². The number of amides is 1. The van der Waals surface area contributed by atoms with Crippen LogP contribution in [0.25, 0.3) is 0 Å². The van der Waals surface area contributed by atoms with Gasteiger partial charge in [0.05, 0.1) is 6.54 Å². The molecule has 1 aliphatic heterocycles. The molecule has 1 aromatic heterocycles. The van der Waals surface area contributed by atoms with Crippen molar-refractivity contribution in [2.75, 3.05) is 11.4 Å². The summed E-state index contributed by atoms with van der Waals surface area (Å²) in [6.07, 6.45) is 1.37. The molecule has 0 bridgehead atoms. The predicted octanol–water partition coefficient (Wildman–Crippen LogP) is 2.76. The molecule has 0 N–H and O–H groups in total. The summed E-state index contributed by atoms with van der Waals surface area (Å²) in [5, 5.41) is 0.